The van der Waals surface area contributed by atoms with Crippen LogP contribution in [-0.2, 0) is 4.79 Å². The number of halogens is 1. The molecule has 5 heteroatoms. The Morgan fingerprint density at radius 2 is 2.19 bits per heavy atom. The molecule has 1 unspecified atom stereocenters. The van der Waals surface area contributed by atoms with Gasteiger partial charge in [0.25, 0.3) is 0 Å². The predicted molar refractivity (Wildman–Crippen MR) is 84.5 cm³/mol. The van der Waals surface area contributed by atoms with Crippen LogP contribution in [-0.4, -0.2) is 36.8 Å². The fourth-order valence-electron chi connectivity index (χ4n) is 2.51. The van der Waals surface area contributed by atoms with Gasteiger partial charge in [-0.05, 0) is 46.0 Å². The zero-order valence-corrected chi connectivity index (χ0v) is 14.1. The lowest BCUT2D eigenvalue weighted by Gasteiger charge is -2.17. The van der Waals surface area contributed by atoms with E-state index in [1.165, 1.54) is 0 Å². The number of hydrogen-bond donors (Lipinski definition) is 0. The van der Waals surface area contributed by atoms with Crippen LogP contribution in [0.25, 0.3) is 0 Å². The topological polar surface area (TPSA) is 46.6 Å². The summed E-state index contributed by atoms with van der Waals surface area (Å²) in [5.41, 5.74) is 0.587. The molecule has 0 aromatic heterocycles. The van der Waals surface area contributed by atoms with Crippen LogP contribution >= 0.6 is 15.9 Å². The third-order valence-electron chi connectivity index (χ3n) is 4.00. The Kier molecular flexibility index (Phi) is 5.04. The molecule has 1 heterocycles. The highest BCUT2D eigenvalue weighted by atomic mass is 79.9. The van der Waals surface area contributed by atoms with E-state index >= 15 is 0 Å². The van der Waals surface area contributed by atoms with Crippen molar-refractivity contribution >= 4 is 27.6 Å². The number of amides is 1. The summed E-state index contributed by atoms with van der Waals surface area (Å²) in [5.74, 6) is 1.53. The zero-order chi connectivity index (χ0) is 15.6. The van der Waals surface area contributed by atoms with Gasteiger partial charge in [0.1, 0.15) is 5.75 Å². The van der Waals surface area contributed by atoms with E-state index < -0.39 is 0 Å². The van der Waals surface area contributed by atoms with E-state index in [0.717, 1.165) is 4.47 Å². The van der Waals surface area contributed by atoms with Crippen molar-refractivity contribution in [3.63, 3.8) is 0 Å². The van der Waals surface area contributed by atoms with Gasteiger partial charge in [-0.2, -0.15) is 0 Å². The second kappa shape index (κ2) is 6.60. The third-order valence-corrected chi connectivity index (χ3v) is 4.62. The molecule has 1 aromatic rings. The van der Waals surface area contributed by atoms with Gasteiger partial charge < -0.3 is 9.64 Å². The lowest BCUT2D eigenvalue weighted by atomic mass is 9.95. The molecule has 114 valence electrons. The maximum atomic E-state index is 12.3. The summed E-state index contributed by atoms with van der Waals surface area (Å²) in [7, 11) is 1.58. The second-order valence-electron chi connectivity index (χ2n) is 5.75. The summed E-state index contributed by atoms with van der Waals surface area (Å²) >= 11 is 3.37. The monoisotopic (exact) mass is 353 g/mol. The fourth-order valence-corrected chi connectivity index (χ4v) is 3.05. The van der Waals surface area contributed by atoms with Crippen molar-refractivity contribution in [3.8, 4) is 5.75 Å². The van der Waals surface area contributed by atoms with Crippen LogP contribution in [0.1, 0.15) is 30.6 Å². The van der Waals surface area contributed by atoms with Gasteiger partial charge in [0.2, 0.25) is 5.91 Å². The predicted octanol–water partition coefficient (Wildman–Crippen LogP) is 3.14. The fraction of sp³-hybridized carbons (Fsp3) is 0.500. The summed E-state index contributed by atoms with van der Waals surface area (Å²) < 4.78 is 5.89. The minimum absolute atomic E-state index is 0.0453. The Hall–Kier alpha value is -1.36. The van der Waals surface area contributed by atoms with Crippen molar-refractivity contribution in [3.05, 3.63) is 28.2 Å². The number of benzene rings is 1. The van der Waals surface area contributed by atoms with E-state index in [9.17, 15) is 9.59 Å². The van der Waals surface area contributed by atoms with Gasteiger partial charge in [-0.15, -0.1) is 0 Å². The van der Waals surface area contributed by atoms with Crippen LogP contribution in [0, 0.1) is 11.8 Å². The van der Waals surface area contributed by atoms with E-state index in [2.05, 4.69) is 29.8 Å². The minimum atomic E-state index is -0.0453. The SMILES string of the molecule is COc1ccc(C(=O)CN2CC(C(C)C)CC2=O)cc1Br. The summed E-state index contributed by atoms with van der Waals surface area (Å²) in [6.45, 7) is 5.06. The smallest absolute Gasteiger partial charge is 0.223 e. The van der Waals surface area contributed by atoms with E-state index in [0.29, 0.717) is 36.1 Å². The van der Waals surface area contributed by atoms with Crippen LogP contribution in [0.3, 0.4) is 0 Å². The molecule has 0 N–H and O–H groups in total. The maximum absolute atomic E-state index is 12.3. The lowest BCUT2D eigenvalue weighted by Crippen LogP contribution is -2.31. The number of rotatable bonds is 5. The second-order valence-corrected chi connectivity index (χ2v) is 6.61. The van der Waals surface area contributed by atoms with Crippen LogP contribution in [0.15, 0.2) is 22.7 Å². The molecule has 1 aliphatic heterocycles. The number of methoxy groups -OCH3 is 1. The van der Waals surface area contributed by atoms with Crippen molar-refractivity contribution in [2.75, 3.05) is 20.2 Å². The number of ketones is 1. The average molecular weight is 354 g/mol. The third kappa shape index (κ3) is 3.64. The molecule has 0 aliphatic carbocycles. The number of carbonyl (C=O) groups is 2. The molecule has 4 nitrogen and oxygen atoms in total. The molecule has 2 rings (SSSR count). The Morgan fingerprint density at radius 3 is 2.71 bits per heavy atom. The van der Waals surface area contributed by atoms with Crippen molar-refractivity contribution in [2.45, 2.75) is 20.3 Å². The first kappa shape index (κ1) is 16.0. The first-order valence-electron chi connectivity index (χ1n) is 7.07. The van der Waals surface area contributed by atoms with Crippen molar-refractivity contribution in [2.24, 2.45) is 11.8 Å². The van der Waals surface area contributed by atoms with E-state index in [4.69, 9.17) is 4.74 Å². The quantitative estimate of drug-likeness (QED) is 0.764. The van der Waals surface area contributed by atoms with Crippen LogP contribution in [0.4, 0.5) is 0 Å². The summed E-state index contributed by atoms with van der Waals surface area (Å²) in [6, 6.07) is 5.22. The van der Waals surface area contributed by atoms with Gasteiger partial charge in [-0.3, -0.25) is 9.59 Å². The average Bonchev–Trinajstić information content (AvgIpc) is 2.80. The molecule has 0 saturated carbocycles. The lowest BCUT2D eigenvalue weighted by molar-refractivity contribution is -0.127. The Labute approximate surface area is 133 Å². The van der Waals surface area contributed by atoms with Crippen molar-refractivity contribution < 1.29 is 14.3 Å². The van der Waals surface area contributed by atoms with Crippen LogP contribution < -0.4 is 4.74 Å². The first-order chi connectivity index (χ1) is 9.92. The standard InChI is InChI=1S/C16H20BrNO3/c1-10(2)12-7-16(20)18(8-12)9-14(19)11-4-5-15(21-3)13(17)6-11/h4-6,10,12H,7-9H2,1-3H3. The van der Waals surface area contributed by atoms with E-state index in [1.807, 2.05) is 0 Å². The summed E-state index contributed by atoms with van der Waals surface area (Å²) in [4.78, 5) is 26.0. The highest BCUT2D eigenvalue weighted by molar-refractivity contribution is 9.10. The van der Waals surface area contributed by atoms with E-state index in [1.54, 1.807) is 30.2 Å². The minimum Gasteiger partial charge on any atom is -0.496 e. The Morgan fingerprint density at radius 1 is 1.48 bits per heavy atom. The molecule has 21 heavy (non-hydrogen) atoms. The molecule has 1 atom stereocenters. The normalized spacial score (nSPS) is 18.4. The van der Waals surface area contributed by atoms with Gasteiger partial charge in [0.15, 0.2) is 5.78 Å². The van der Waals surface area contributed by atoms with Gasteiger partial charge in [0, 0.05) is 18.5 Å². The van der Waals surface area contributed by atoms with Crippen molar-refractivity contribution in [1.82, 2.24) is 4.90 Å². The largest absolute Gasteiger partial charge is 0.496 e. The highest BCUT2D eigenvalue weighted by Gasteiger charge is 2.32. The van der Waals surface area contributed by atoms with E-state index in [-0.39, 0.29) is 18.2 Å². The number of carbonyl (C=O) groups excluding carboxylic acids is 2. The first-order valence-corrected chi connectivity index (χ1v) is 7.86. The molecule has 0 bridgehead atoms. The zero-order valence-electron chi connectivity index (χ0n) is 12.6. The van der Waals surface area contributed by atoms with Crippen molar-refractivity contribution in [1.29, 1.82) is 0 Å². The molecule has 0 spiro atoms. The number of hydrogen-bond acceptors (Lipinski definition) is 3. The number of Topliss-reactive ketones (excluding diaryl/α,β-unsaturated/α-hetero) is 1. The highest BCUT2D eigenvalue weighted by Crippen LogP contribution is 2.27. The maximum Gasteiger partial charge on any atom is 0.223 e. The number of likely N-dealkylation sites (tertiary alicyclic amines) is 1. The Balaban J connectivity index is 2.05. The molecule has 1 aromatic carbocycles. The van der Waals surface area contributed by atoms with Crippen LogP contribution in [0.5, 0.6) is 5.75 Å². The Bertz CT molecular complexity index is 556. The van der Waals surface area contributed by atoms with Crippen LogP contribution in [0.2, 0.25) is 0 Å². The van der Waals surface area contributed by atoms with Gasteiger partial charge in [-0.1, -0.05) is 13.8 Å². The molecule has 1 saturated heterocycles. The van der Waals surface area contributed by atoms with Gasteiger partial charge >= 0.3 is 0 Å². The molecule has 1 amide bonds. The number of ether oxygens (including phenoxy) is 1. The molecule has 1 aliphatic rings. The van der Waals surface area contributed by atoms with Gasteiger partial charge in [0.05, 0.1) is 18.1 Å². The molecular weight excluding hydrogens is 334 g/mol. The molecular formula is C16H20BrNO3. The van der Waals surface area contributed by atoms with Gasteiger partial charge in [-0.25, -0.2) is 0 Å². The summed E-state index contributed by atoms with van der Waals surface area (Å²) in [6.07, 6.45) is 0.553. The number of nitrogens with zero attached hydrogens (tertiary/aromatic N) is 1. The summed E-state index contributed by atoms with van der Waals surface area (Å²) in [5, 5.41) is 0. The molecule has 0 radical (unpaired) electrons. The molecule has 1 fully saturated rings.